The Labute approximate surface area is 109 Å². The van der Waals surface area contributed by atoms with Gasteiger partial charge < -0.3 is 4.74 Å². The maximum Gasteiger partial charge on any atom is 0.341 e. The van der Waals surface area contributed by atoms with Crippen molar-refractivity contribution in [2.24, 2.45) is 4.99 Å². The van der Waals surface area contributed by atoms with E-state index < -0.39 is 0 Å². The number of aryl methyl sites for hydroxylation is 1. The van der Waals surface area contributed by atoms with Gasteiger partial charge in [-0.15, -0.1) is 11.3 Å². The molecule has 0 bridgehead atoms. The Bertz CT molecular complexity index is 468. The van der Waals surface area contributed by atoms with Crippen molar-refractivity contribution in [3.05, 3.63) is 16.0 Å². The molecular weight excluding hydrogens is 252 g/mol. The number of aliphatic imine (C=N–C) groups is 1. The van der Waals surface area contributed by atoms with Crippen LogP contribution in [0, 0.1) is 0 Å². The Balaban J connectivity index is 2.41. The molecule has 1 aliphatic rings. The van der Waals surface area contributed by atoms with Gasteiger partial charge >= 0.3 is 5.97 Å². The molecule has 1 aliphatic carbocycles. The van der Waals surface area contributed by atoms with Crippen LogP contribution in [0.2, 0.25) is 0 Å². The van der Waals surface area contributed by atoms with Gasteiger partial charge in [-0.3, -0.25) is 10.7 Å². The molecule has 0 fully saturated rings. The predicted molar refractivity (Wildman–Crippen MR) is 70.0 cm³/mol. The van der Waals surface area contributed by atoms with Gasteiger partial charge in [-0.2, -0.15) is 0 Å². The average molecular weight is 268 g/mol. The monoisotopic (exact) mass is 268 g/mol. The van der Waals surface area contributed by atoms with Crippen LogP contribution >= 0.6 is 11.3 Å². The van der Waals surface area contributed by atoms with E-state index in [0.717, 1.165) is 31.2 Å². The first-order valence-electron chi connectivity index (χ1n) is 6.01. The fourth-order valence-electron chi connectivity index (χ4n) is 2.14. The minimum Gasteiger partial charge on any atom is -0.462 e. The fraction of sp³-hybridized carbons (Fsp3) is 0.500. The number of nitrogens with zero attached hydrogens (tertiary/aromatic N) is 1. The van der Waals surface area contributed by atoms with Gasteiger partial charge in [-0.05, 0) is 38.2 Å². The van der Waals surface area contributed by atoms with E-state index >= 15 is 0 Å². The second-order valence-corrected chi connectivity index (χ2v) is 5.08. The molecule has 6 heteroatoms. The summed E-state index contributed by atoms with van der Waals surface area (Å²) in [5.41, 5.74) is 3.51. The number of thiophene rings is 1. The summed E-state index contributed by atoms with van der Waals surface area (Å²) in [7, 11) is 0. The first-order valence-corrected chi connectivity index (χ1v) is 6.83. The van der Waals surface area contributed by atoms with E-state index in [1.54, 1.807) is 6.92 Å². The SMILES string of the molecule is CCOC(=O)c1c(/N=C/NO)sc2c1CCCC2. The van der Waals surface area contributed by atoms with Gasteiger partial charge in [0.15, 0.2) is 0 Å². The molecule has 5 nitrogen and oxygen atoms in total. The lowest BCUT2D eigenvalue weighted by Gasteiger charge is -2.11. The van der Waals surface area contributed by atoms with Gasteiger partial charge in [-0.1, -0.05) is 0 Å². The summed E-state index contributed by atoms with van der Waals surface area (Å²) < 4.78 is 5.08. The third-order valence-electron chi connectivity index (χ3n) is 2.87. The molecule has 1 aromatic rings. The molecule has 1 heterocycles. The molecule has 0 saturated carbocycles. The average Bonchev–Trinajstić information content (AvgIpc) is 2.74. The van der Waals surface area contributed by atoms with E-state index in [1.165, 1.54) is 22.6 Å². The van der Waals surface area contributed by atoms with Crippen molar-refractivity contribution in [3.63, 3.8) is 0 Å². The lowest BCUT2D eigenvalue weighted by Crippen LogP contribution is -2.09. The summed E-state index contributed by atoms with van der Waals surface area (Å²) >= 11 is 1.51. The summed E-state index contributed by atoms with van der Waals surface area (Å²) in [6.45, 7) is 2.14. The van der Waals surface area contributed by atoms with E-state index in [0.29, 0.717) is 17.2 Å². The Hall–Kier alpha value is -1.40. The highest BCUT2D eigenvalue weighted by Gasteiger charge is 2.25. The highest BCUT2D eigenvalue weighted by atomic mass is 32.1. The molecule has 98 valence electrons. The van der Waals surface area contributed by atoms with E-state index in [2.05, 4.69) is 4.99 Å². The zero-order valence-corrected chi connectivity index (χ0v) is 11.0. The van der Waals surface area contributed by atoms with Gasteiger partial charge in [-0.25, -0.2) is 9.79 Å². The number of nitrogens with one attached hydrogen (secondary N) is 1. The second kappa shape index (κ2) is 5.97. The lowest BCUT2D eigenvalue weighted by atomic mass is 9.95. The van der Waals surface area contributed by atoms with Crippen molar-refractivity contribution in [2.75, 3.05) is 6.61 Å². The van der Waals surface area contributed by atoms with Crippen molar-refractivity contribution < 1.29 is 14.7 Å². The van der Waals surface area contributed by atoms with Crippen LogP contribution in [0.5, 0.6) is 0 Å². The molecule has 2 N–H and O–H groups in total. The smallest absolute Gasteiger partial charge is 0.341 e. The van der Waals surface area contributed by atoms with E-state index in [1.807, 2.05) is 5.48 Å². The molecule has 0 radical (unpaired) electrons. The summed E-state index contributed by atoms with van der Waals surface area (Å²) in [5, 5.41) is 9.17. The lowest BCUT2D eigenvalue weighted by molar-refractivity contribution is 0.0526. The maximum absolute atomic E-state index is 12.0. The van der Waals surface area contributed by atoms with Gasteiger partial charge in [0.2, 0.25) is 0 Å². The van der Waals surface area contributed by atoms with Gasteiger partial charge in [0.05, 0.1) is 12.2 Å². The molecule has 0 aliphatic heterocycles. The number of hydrogen-bond donors (Lipinski definition) is 2. The molecule has 18 heavy (non-hydrogen) atoms. The first kappa shape index (κ1) is 13.0. The van der Waals surface area contributed by atoms with Crippen LogP contribution in [0.25, 0.3) is 0 Å². The highest BCUT2D eigenvalue weighted by Crippen LogP contribution is 2.40. The molecule has 0 amide bonds. The molecular formula is C12H16N2O3S. The van der Waals surface area contributed by atoms with Gasteiger partial charge in [0, 0.05) is 4.88 Å². The number of fused-ring (bicyclic) bond motifs is 1. The summed E-state index contributed by atoms with van der Waals surface area (Å²) in [4.78, 5) is 17.3. The molecule has 0 saturated heterocycles. The van der Waals surface area contributed by atoms with Crippen molar-refractivity contribution >= 4 is 28.6 Å². The van der Waals surface area contributed by atoms with Crippen LogP contribution in [0.15, 0.2) is 4.99 Å². The largest absolute Gasteiger partial charge is 0.462 e. The Kier molecular flexibility index (Phi) is 4.33. The quantitative estimate of drug-likeness (QED) is 0.381. The summed E-state index contributed by atoms with van der Waals surface area (Å²) in [6.07, 6.45) is 5.31. The van der Waals surface area contributed by atoms with Crippen LogP contribution in [-0.2, 0) is 17.6 Å². The highest BCUT2D eigenvalue weighted by molar-refractivity contribution is 7.16. The number of carbonyl (C=O) groups excluding carboxylic acids is 1. The minimum absolute atomic E-state index is 0.318. The number of hydrogen-bond acceptors (Lipinski definition) is 5. The number of esters is 1. The van der Waals surface area contributed by atoms with Crippen molar-refractivity contribution in [3.8, 4) is 0 Å². The molecule has 0 atom stereocenters. The van der Waals surface area contributed by atoms with Crippen LogP contribution in [0.1, 0.15) is 40.6 Å². The number of rotatable bonds is 4. The molecule has 0 aromatic carbocycles. The van der Waals surface area contributed by atoms with Crippen LogP contribution in [-0.4, -0.2) is 24.1 Å². The zero-order valence-electron chi connectivity index (χ0n) is 10.2. The minimum atomic E-state index is -0.318. The first-order chi connectivity index (χ1) is 8.77. The van der Waals surface area contributed by atoms with Crippen molar-refractivity contribution in [2.45, 2.75) is 32.6 Å². The number of hydroxylamine groups is 1. The summed E-state index contributed by atoms with van der Waals surface area (Å²) in [6, 6.07) is 0. The second-order valence-electron chi connectivity index (χ2n) is 4.00. The topological polar surface area (TPSA) is 70.9 Å². The Morgan fingerprint density at radius 1 is 1.56 bits per heavy atom. The van der Waals surface area contributed by atoms with E-state index in [9.17, 15) is 4.79 Å². The third-order valence-corrected chi connectivity index (χ3v) is 4.07. The molecule has 1 aromatic heterocycles. The van der Waals surface area contributed by atoms with Gasteiger partial charge in [0.1, 0.15) is 11.3 Å². The van der Waals surface area contributed by atoms with E-state index in [-0.39, 0.29) is 5.97 Å². The Morgan fingerprint density at radius 3 is 3.06 bits per heavy atom. The fourth-order valence-corrected chi connectivity index (χ4v) is 3.36. The van der Waals surface area contributed by atoms with Crippen LogP contribution in [0.3, 0.4) is 0 Å². The third kappa shape index (κ3) is 2.54. The summed E-state index contributed by atoms with van der Waals surface area (Å²) in [5.74, 6) is -0.318. The normalized spacial score (nSPS) is 14.6. The zero-order chi connectivity index (χ0) is 13.0. The maximum atomic E-state index is 12.0. The Morgan fingerprint density at radius 2 is 2.33 bits per heavy atom. The van der Waals surface area contributed by atoms with Gasteiger partial charge in [0.25, 0.3) is 0 Å². The standard InChI is InChI=1S/C12H16N2O3S/c1-2-17-12(15)10-8-5-3-4-6-9(8)18-11(10)13-7-14-16/h7,16H,2-6H2,1H3,(H,13,14). The number of carbonyl (C=O) groups is 1. The number of ether oxygens (including phenoxy) is 1. The predicted octanol–water partition coefficient (Wildman–Crippen LogP) is 2.44. The van der Waals surface area contributed by atoms with Crippen molar-refractivity contribution in [1.29, 1.82) is 0 Å². The van der Waals surface area contributed by atoms with Crippen molar-refractivity contribution in [1.82, 2.24) is 5.48 Å². The van der Waals surface area contributed by atoms with E-state index in [4.69, 9.17) is 9.94 Å². The van der Waals surface area contributed by atoms with Crippen LogP contribution < -0.4 is 5.48 Å². The molecule has 0 unspecified atom stereocenters. The molecule has 2 rings (SSSR count). The molecule has 0 spiro atoms. The van der Waals surface area contributed by atoms with Crippen LogP contribution in [0.4, 0.5) is 5.00 Å².